The van der Waals surface area contributed by atoms with Crippen LogP contribution in [0.4, 0.5) is 0 Å². The lowest BCUT2D eigenvalue weighted by molar-refractivity contribution is 0.610. The van der Waals surface area contributed by atoms with Gasteiger partial charge in [0.2, 0.25) is 8.87 Å². The smallest absolute Gasteiger partial charge is 0.212 e. The molecule has 0 saturated carbocycles. The van der Waals surface area contributed by atoms with Crippen LogP contribution >= 0.6 is 26.7 Å². The Hall–Kier alpha value is -0.780. The second-order valence-electron chi connectivity index (χ2n) is 3.66. The van der Waals surface area contributed by atoms with E-state index in [2.05, 4.69) is 15.9 Å². The highest BCUT2D eigenvalue weighted by Crippen LogP contribution is 2.27. The molecule has 0 aliphatic rings. The second kappa shape index (κ2) is 5.91. The van der Waals surface area contributed by atoms with Gasteiger partial charge in [-0.25, -0.2) is 8.42 Å². The van der Waals surface area contributed by atoms with Crippen molar-refractivity contribution in [2.24, 2.45) is 0 Å². The molecule has 0 atom stereocenters. The highest BCUT2D eigenvalue weighted by molar-refractivity contribution is 9.10. The van der Waals surface area contributed by atoms with Crippen molar-refractivity contribution in [1.82, 2.24) is 0 Å². The standard InChI is InChI=1S/C13H11BrO2S2/c14-12-6-4-5-11(9-12)10-17-18(15,16)13-7-2-1-3-8-13/h1-9H,10H2. The van der Waals surface area contributed by atoms with E-state index >= 15 is 0 Å². The second-order valence-corrected chi connectivity index (χ2v) is 8.50. The van der Waals surface area contributed by atoms with Crippen molar-refractivity contribution in [1.29, 1.82) is 0 Å². The Kier molecular flexibility index (Phi) is 4.48. The predicted molar refractivity (Wildman–Crippen MR) is 79.1 cm³/mol. The third-order valence-electron chi connectivity index (χ3n) is 2.30. The molecular formula is C13H11BrO2S2. The van der Waals surface area contributed by atoms with Crippen molar-refractivity contribution < 1.29 is 8.42 Å². The molecule has 0 fully saturated rings. The van der Waals surface area contributed by atoms with Gasteiger partial charge in [-0.1, -0.05) is 46.3 Å². The maximum absolute atomic E-state index is 12.0. The summed E-state index contributed by atoms with van der Waals surface area (Å²) in [5.74, 6) is 0.441. The zero-order chi connectivity index (χ0) is 13.0. The summed E-state index contributed by atoms with van der Waals surface area (Å²) < 4.78 is 25.0. The highest BCUT2D eigenvalue weighted by Gasteiger charge is 2.14. The molecule has 0 N–H and O–H groups in total. The summed E-state index contributed by atoms with van der Waals surface area (Å²) in [6, 6.07) is 16.1. The molecular weight excluding hydrogens is 332 g/mol. The average Bonchev–Trinajstić information content (AvgIpc) is 2.38. The van der Waals surface area contributed by atoms with Gasteiger partial charge in [-0.15, -0.1) is 0 Å². The van der Waals surface area contributed by atoms with Crippen LogP contribution in [0.3, 0.4) is 0 Å². The Morgan fingerprint density at radius 3 is 2.39 bits per heavy atom. The number of hydrogen-bond acceptors (Lipinski definition) is 3. The quantitative estimate of drug-likeness (QED) is 0.785. The van der Waals surface area contributed by atoms with Gasteiger partial charge in [-0.2, -0.15) is 0 Å². The molecule has 0 saturated heterocycles. The maximum Gasteiger partial charge on any atom is 0.230 e. The molecule has 0 aliphatic heterocycles. The van der Waals surface area contributed by atoms with Crippen molar-refractivity contribution in [2.75, 3.05) is 0 Å². The molecule has 0 aromatic heterocycles. The summed E-state index contributed by atoms with van der Waals surface area (Å²) in [5.41, 5.74) is 0.980. The van der Waals surface area contributed by atoms with Gasteiger partial charge >= 0.3 is 0 Å². The summed E-state index contributed by atoms with van der Waals surface area (Å²) in [6.45, 7) is 0. The average molecular weight is 343 g/mol. The largest absolute Gasteiger partial charge is 0.230 e. The Morgan fingerprint density at radius 2 is 1.72 bits per heavy atom. The first kappa shape index (κ1) is 13.6. The summed E-state index contributed by atoms with van der Waals surface area (Å²) in [5, 5.41) is 0. The van der Waals surface area contributed by atoms with Gasteiger partial charge in [-0.3, -0.25) is 0 Å². The van der Waals surface area contributed by atoms with Crippen molar-refractivity contribution in [3.63, 3.8) is 0 Å². The molecule has 94 valence electrons. The van der Waals surface area contributed by atoms with Gasteiger partial charge in [0.15, 0.2) is 0 Å². The van der Waals surface area contributed by atoms with Gasteiger partial charge in [0, 0.05) is 10.2 Å². The van der Waals surface area contributed by atoms with Crippen LogP contribution in [0.15, 0.2) is 64.0 Å². The fourth-order valence-corrected chi connectivity index (χ4v) is 4.59. The SMILES string of the molecule is O=S(=O)(SCc1cccc(Br)c1)c1ccccc1. The number of benzene rings is 2. The lowest BCUT2D eigenvalue weighted by Crippen LogP contribution is -1.95. The van der Waals surface area contributed by atoms with E-state index in [0.717, 1.165) is 20.8 Å². The monoisotopic (exact) mass is 342 g/mol. The molecule has 2 nitrogen and oxygen atoms in total. The minimum absolute atomic E-state index is 0.352. The van der Waals surface area contributed by atoms with E-state index in [0.29, 0.717) is 10.6 Å². The van der Waals surface area contributed by atoms with E-state index in [1.807, 2.05) is 24.3 Å². The molecule has 0 bridgehead atoms. The maximum atomic E-state index is 12.0. The molecule has 0 spiro atoms. The Bertz CT molecular complexity index is 624. The van der Waals surface area contributed by atoms with Crippen molar-refractivity contribution >= 4 is 35.6 Å². The molecule has 0 aliphatic carbocycles. The Labute approximate surface area is 119 Å². The van der Waals surface area contributed by atoms with E-state index in [1.54, 1.807) is 30.3 Å². The lowest BCUT2D eigenvalue weighted by atomic mass is 10.2. The van der Waals surface area contributed by atoms with Crippen molar-refractivity contribution in [2.45, 2.75) is 10.6 Å². The Morgan fingerprint density at radius 1 is 1.00 bits per heavy atom. The van der Waals surface area contributed by atoms with Crippen LogP contribution in [0, 0.1) is 0 Å². The number of rotatable bonds is 4. The highest BCUT2D eigenvalue weighted by atomic mass is 79.9. The number of halogens is 1. The lowest BCUT2D eigenvalue weighted by Gasteiger charge is -2.04. The van der Waals surface area contributed by atoms with Crippen LogP contribution in [0.5, 0.6) is 0 Å². The van der Waals surface area contributed by atoms with Crippen molar-refractivity contribution in [3.8, 4) is 0 Å². The first-order valence-electron chi connectivity index (χ1n) is 5.27. The molecule has 18 heavy (non-hydrogen) atoms. The van der Waals surface area contributed by atoms with Crippen molar-refractivity contribution in [3.05, 3.63) is 64.6 Å². The minimum Gasteiger partial charge on any atom is -0.212 e. The van der Waals surface area contributed by atoms with Crippen LogP contribution in [-0.2, 0) is 14.6 Å². The molecule has 2 aromatic carbocycles. The summed E-state index contributed by atoms with van der Waals surface area (Å²) >= 11 is 3.37. The van der Waals surface area contributed by atoms with Gasteiger partial charge in [0.05, 0.1) is 4.90 Å². The van der Waals surface area contributed by atoms with Gasteiger partial charge < -0.3 is 0 Å². The molecule has 0 radical (unpaired) electrons. The zero-order valence-electron chi connectivity index (χ0n) is 9.41. The van der Waals surface area contributed by atoms with Crippen LogP contribution in [0.25, 0.3) is 0 Å². The number of hydrogen-bond donors (Lipinski definition) is 0. The fraction of sp³-hybridized carbons (Fsp3) is 0.0769. The predicted octanol–water partition coefficient (Wildman–Crippen LogP) is 4.07. The normalized spacial score (nSPS) is 11.4. The topological polar surface area (TPSA) is 34.1 Å². The van der Waals surface area contributed by atoms with E-state index in [-0.39, 0.29) is 0 Å². The van der Waals surface area contributed by atoms with Crippen LogP contribution in [0.1, 0.15) is 5.56 Å². The van der Waals surface area contributed by atoms with Gasteiger partial charge in [0.25, 0.3) is 0 Å². The first-order chi connectivity index (χ1) is 8.58. The zero-order valence-corrected chi connectivity index (χ0v) is 12.6. The van der Waals surface area contributed by atoms with E-state index in [9.17, 15) is 8.42 Å². The summed E-state index contributed by atoms with van der Waals surface area (Å²) in [6.07, 6.45) is 0. The minimum atomic E-state index is -3.27. The van der Waals surface area contributed by atoms with Gasteiger partial charge in [0.1, 0.15) is 0 Å². The van der Waals surface area contributed by atoms with Crippen LogP contribution in [0.2, 0.25) is 0 Å². The van der Waals surface area contributed by atoms with Crippen LogP contribution < -0.4 is 0 Å². The first-order valence-corrected chi connectivity index (χ1v) is 9.05. The molecule has 5 heteroatoms. The van der Waals surface area contributed by atoms with Crippen LogP contribution in [-0.4, -0.2) is 8.42 Å². The molecule has 0 unspecified atom stereocenters. The third-order valence-corrected chi connectivity index (χ3v) is 6.27. The van der Waals surface area contributed by atoms with E-state index in [4.69, 9.17) is 0 Å². The third kappa shape index (κ3) is 3.60. The molecule has 0 heterocycles. The fourth-order valence-electron chi connectivity index (χ4n) is 1.43. The van der Waals surface area contributed by atoms with Gasteiger partial charge in [-0.05, 0) is 40.6 Å². The molecule has 2 aromatic rings. The van der Waals surface area contributed by atoms with E-state index in [1.165, 1.54) is 0 Å². The Balaban J connectivity index is 2.11. The van der Waals surface area contributed by atoms with E-state index < -0.39 is 8.87 Å². The molecule has 2 rings (SSSR count). The molecule has 0 amide bonds. The summed E-state index contributed by atoms with van der Waals surface area (Å²) in [4.78, 5) is 0.352. The summed E-state index contributed by atoms with van der Waals surface area (Å²) in [7, 11) is -2.32.